The summed E-state index contributed by atoms with van der Waals surface area (Å²) < 4.78 is 5.30. The number of aromatic hydroxyl groups is 1. The minimum Gasteiger partial charge on any atom is -0.507 e. The summed E-state index contributed by atoms with van der Waals surface area (Å²) in [6.07, 6.45) is 2.42. The highest BCUT2D eigenvalue weighted by atomic mass is 16.8. The number of hydrogen-bond donors (Lipinski definition) is 2. The van der Waals surface area contributed by atoms with Crippen molar-refractivity contribution in [2.75, 3.05) is 6.61 Å². The maximum atomic E-state index is 11.7. The van der Waals surface area contributed by atoms with Gasteiger partial charge < -0.3 is 9.84 Å². The van der Waals surface area contributed by atoms with Crippen LogP contribution in [-0.4, -0.2) is 23.9 Å². The monoisotopic (exact) mass is 237 g/mol. The number of benzene rings is 1. The van der Waals surface area contributed by atoms with Gasteiger partial charge in [0.25, 0.3) is 5.91 Å². The lowest BCUT2D eigenvalue weighted by Gasteiger charge is -2.22. The maximum Gasteiger partial charge on any atom is 0.278 e. The van der Waals surface area contributed by atoms with Crippen molar-refractivity contribution in [2.45, 2.75) is 25.6 Å². The average Bonchev–Trinajstić information content (AvgIpc) is 2.38. The lowest BCUT2D eigenvalue weighted by molar-refractivity contribution is -0.186. The van der Waals surface area contributed by atoms with Gasteiger partial charge in [-0.15, -0.1) is 0 Å². The highest BCUT2D eigenvalue weighted by Crippen LogP contribution is 2.16. The van der Waals surface area contributed by atoms with Gasteiger partial charge in [-0.25, -0.2) is 10.3 Å². The van der Waals surface area contributed by atoms with Crippen molar-refractivity contribution in [3.63, 3.8) is 0 Å². The van der Waals surface area contributed by atoms with Gasteiger partial charge in [0.1, 0.15) is 5.75 Å². The van der Waals surface area contributed by atoms with Crippen LogP contribution in [0, 0.1) is 0 Å². The molecule has 0 bridgehead atoms. The van der Waals surface area contributed by atoms with E-state index in [9.17, 15) is 9.90 Å². The van der Waals surface area contributed by atoms with Crippen LogP contribution in [0.25, 0.3) is 0 Å². The first-order valence-corrected chi connectivity index (χ1v) is 5.63. The Morgan fingerprint density at radius 2 is 2.24 bits per heavy atom. The Hall–Kier alpha value is -1.59. The first-order chi connectivity index (χ1) is 8.27. The number of phenols is 1. The van der Waals surface area contributed by atoms with E-state index in [4.69, 9.17) is 9.57 Å². The number of carbonyl (C=O) groups is 1. The summed E-state index contributed by atoms with van der Waals surface area (Å²) in [5.41, 5.74) is 2.47. The Morgan fingerprint density at radius 3 is 2.94 bits per heavy atom. The molecule has 92 valence electrons. The fourth-order valence-corrected chi connectivity index (χ4v) is 1.64. The van der Waals surface area contributed by atoms with Gasteiger partial charge in [0.05, 0.1) is 5.56 Å². The SMILES string of the molecule is O=C(NO[C@@H]1CCCCO1)c1ccccc1O. The molecular formula is C12H15NO4. The molecule has 5 nitrogen and oxygen atoms in total. The van der Waals surface area contributed by atoms with Crippen LogP contribution in [-0.2, 0) is 9.57 Å². The number of carbonyl (C=O) groups excluding carboxylic acids is 1. The van der Waals surface area contributed by atoms with E-state index >= 15 is 0 Å². The smallest absolute Gasteiger partial charge is 0.278 e. The first kappa shape index (κ1) is 11.9. The number of hydroxylamine groups is 1. The predicted molar refractivity (Wildman–Crippen MR) is 60.2 cm³/mol. The third-order valence-electron chi connectivity index (χ3n) is 2.57. The number of phenolic OH excluding ortho intramolecular Hbond substituents is 1. The van der Waals surface area contributed by atoms with E-state index in [0.717, 1.165) is 19.3 Å². The maximum absolute atomic E-state index is 11.7. The molecule has 1 aromatic rings. The van der Waals surface area contributed by atoms with Crippen LogP contribution in [0.2, 0.25) is 0 Å². The van der Waals surface area contributed by atoms with Gasteiger partial charge in [-0.2, -0.15) is 0 Å². The van der Waals surface area contributed by atoms with Gasteiger partial charge in [0, 0.05) is 13.0 Å². The van der Waals surface area contributed by atoms with Crippen LogP contribution < -0.4 is 5.48 Å². The summed E-state index contributed by atoms with van der Waals surface area (Å²) in [6.45, 7) is 0.650. The van der Waals surface area contributed by atoms with Crippen molar-refractivity contribution in [3.8, 4) is 5.75 Å². The molecule has 2 rings (SSSR count). The van der Waals surface area contributed by atoms with Gasteiger partial charge >= 0.3 is 0 Å². The van der Waals surface area contributed by atoms with Crippen LogP contribution in [0.4, 0.5) is 0 Å². The molecule has 0 aromatic heterocycles. The number of para-hydroxylation sites is 1. The minimum atomic E-state index is -0.475. The second-order valence-electron chi connectivity index (χ2n) is 3.86. The van der Waals surface area contributed by atoms with Crippen molar-refractivity contribution in [1.29, 1.82) is 0 Å². The number of hydrogen-bond acceptors (Lipinski definition) is 4. The number of nitrogens with one attached hydrogen (secondary N) is 1. The number of ether oxygens (including phenoxy) is 1. The molecule has 0 radical (unpaired) electrons. The van der Waals surface area contributed by atoms with Crippen molar-refractivity contribution in [1.82, 2.24) is 5.48 Å². The topological polar surface area (TPSA) is 67.8 Å². The molecule has 1 amide bonds. The van der Waals surface area contributed by atoms with E-state index in [2.05, 4.69) is 5.48 Å². The Bertz CT molecular complexity index is 388. The van der Waals surface area contributed by atoms with E-state index in [1.807, 2.05) is 0 Å². The zero-order chi connectivity index (χ0) is 12.1. The lowest BCUT2D eigenvalue weighted by Crippen LogP contribution is -2.33. The van der Waals surface area contributed by atoms with Gasteiger partial charge in [-0.05, 0) is 25.0 Å². The second kappa shape index (κ2) is 5.65. The molecule has 17 heavy (non-hydrogen) atoms. The minimum absolute atomic E-state index is 0.0711. The first-order valence-electron chi connectivity index (χ1n) is 5.63. The fraction of sp³-hybridized carbons (Fsp3) is 0.417. The molecular weight excluding hydrogens is 222 g/mol. The second-order valence-corrected chi connectivity index (χ2v) is 3.86. The lowest BCUT2D eigenvalue weighted by atomic mass is 10.2. The molecule has 0 aliphatic carbocycles. The summed E-state index contributed by atoms with van der Waals surface area (Å²) in [7, 11) is 0. The van der Waals surface area contributed by atoms with E-state index < -0.39 is 12.2 Å². The third kappa shape index (κ3) is 3.18. The van der Waals surface area contributed by atoms with E-state index in [1.54, 1.807) is 12.1 Å². The predicted octanol–water partition coefficient (Wildman–Crippen LogP) is 1.58. The van der Waals surface area contributed by atoms with Crippen molar-refractivity contribution < 1.29 is 19.5 Å². The largest absolute Gasteiger partial charge is 0.507 e. The molecule has 1 fully saturated rings. The molecule has 0 saturated carbocycles. The van der Waals surface area contributed by atoms with Crippen LogP contribution in [0.5, 0.6) is 5.75 Å². The number of rotatable bonds is 3. The zero-order valence-electron chi connectivity index (χ0n) is 9.39. The normalized spacial score (nSPS) is 19.9. The Labute approximate surface area is 99.3 Å². The van der Waals surface area contributed by atoms with Gasteiger partial charge in [0.2, 0.25) is 0 Å². The van der Waals surface area contributed by atoms with Crippen molar-refractivity contribution >= 4 is 5.91 Å². The van der Waals surface area contributed by atoms with Gasteiger partial charge in [-0.3, -0.25) is 4.79 Å². The molecule has 1 saturated heterocycles. The Morgan fingerprint density at radius 1 is 1.41 bits per heavy atom. The summed E-state index contributed by atoms with van der Waals surface area (Å²) in [6, 6.07) is 6.30. The zero-order valence-corrected chi connectivity index (χ0v) is 9.39. The van der Waals surface area contributed by atoms with E-state index in [1.165, 1.54) is 12.1 Å². The Balaban J connectivity index is 1.87. The van der Waals surface area contributed by atoms with Gasteiger partial charge in [0.15, 0.2) is 6.29 Å². The van der Waals surface area contributed by atoms with E-state index in [0.29, 0.717) is 6.61 Å². The number of amides is 1. The molecule has 5 heteroatoms. The van der Waals surface area contributed by atoms with Crippen LogP contribution in [0.1, 0.15) is 29.6 Å². The van der Waals surface area contributed by atoms with Crippen molar-refractivity contribution in [3.05, 3.63) is 29.8 Å². The fourth-order valence-electron chi connectivity index (χ4n) is 1.64. The third-order valence-corrected chi connectivity index (χ3v) is 2.57. The van der Waals surface area contributed by atoms with Crippen LogP contribution in [0.3, 0.4) is 0 Å². The molecule has 1 aliphatic heterocycles. The summed E-state index contributed by atoms with van der Waals surface area (Å²) in [5, 5.41) is 9.47. The molecule has 1 aromatic carbocycles. The van der Waals surface area contributed by atoms with E-state index in [-0.39, 0.29) is 11.3 Å². The highest BCUT2D eigenvalue weighted by Gasteiger charge is 2.17. The Kier molecular flexibility index (Phi) is 3.95. The summed E-state index contributed by atoms with van der Waals surface area (Å²) >= 11 is 0. The van der Waals surface area contributed by atoms with Gasteiger partial charge in [-0.1, -0.05) is 12.1 Å². The summed E-state index contributed by atoms with van der Waals surface area (Å²) in [4.78, 5) is 16.8. The highest BCUT2D eigenvalue weighted by molar-refractivity contribution is 5.96. The quantitative estimate of drug-likeness (QED) is 0.783. The molecule has 0 spiro atoms. The van der Waals surface area contributed by atoms with Crippen LogP contribution in [0.15, 0.2) is 24.3 Å². The molecule has 1 heterocycles. The molecule has 0 unspecified atom stereocenters. The molecule has 2 N–H and O–H groups in total. The average molecular weight is 237 g/mol. The standard InChI is InChI=1S/C12H15NO4/c14-10-6-2-1-5-9(10)12(15)13-17-11-7-3-4-8-16-11/h1-2,5-6,11,14H,3-4,7-8H2,(H,13,15)/t11-/m1/s1. The van der Waals surface area contributed by atoms with Crippen LogP contribution >= 0.6 is 0 Å². The van der Waals surface area contributed by atoms with Crippen molar-refractivity contribution in [2.24, 2.45) is 0 Å². The molecule has 1 aliphatic rings. The summed E-state index contributed by atoms with van der Waals surface area (Å²) in [5.74, 6) is -0.546. The molecule has 1 atom stereocenters.